The predicted octanol–water partition coefficient (Wildman–Crippen LogP) is -1.98. The summed E-state index contributed by atoms with van der Waals surface area (Å²) in [6.07, 6.45) is 1.69. The van der Waals surface area contributed by atoms with Gasteiger partial charge in [0.15, 0.2) is 5.96 Å². The van der Waals surface area contributed by atoms with Crippen LogP contribution in [0.5, 0.6) is 0 Å². The maximum atomic E-state index is 12.9. The second kappa shape index (κ2) is 12.2. The lowest BCUT2D eigenvalue weighted by molar-refractivity contribution is -0.142. The first kappa shape index (κ1) is 26.1. The van der Waals surface area contributed by atoms with Gasteiger partial charge in [0.1, 0.15) is 12.1 Å². The number of amides is 3. The molecule has 1 heterocycles. The van der Waals surface area contributed by atoms with Crippen LogP contribution in [0.25, 0.3) is 10.9 Å². The third-order valence-electron chi connectivity index (χ3n) is 5.05. The van der Waals surface area contributed by atoms with Crippen molar-refractivity contribution in [2.24, 2.45) is 27.9 Å². The van der Waals surface area contributed by atoms with Crippen molar-refractivity contribution in [1.82, 2.24) is 15.6 Å². The number of carboxylic acids is 1. The van der Waals surface area contributed by atoms with Crippen LogP contribution in [0, 0.1) is 0 Å². The average molecular weight is 475 g/mol. The zero-order valence-electron chi connectivity index (χ0n) is 18.5. The highest BCUT2D eigenvalue weighted by Crippen LogP contribution is 2.19. The van der Waals surface area contributed by atoms with Gasteiger partial charge in [-0.05, 0) is 24.5 Å². The second-order valence-electron chi connectivity index (χ2n) is 7.75. The number of carboxylic acid groups (broad SMARTS) is 1. The number of nitrogens with one attached hydrogen (secondary N) is 3. The van der Waals surface area contributed by atoms with Crippen molar-refractivity contribution in [3.8, 4) is 0 Å². The van der Waals surface area contributed by atoms with Gasteiger partial charge in [-0.25, -0.2) is 4.79 Å². The summed E-state index contributed by atoms with van der Waals surface area (Å²) >= 11 is 0. The lowest BCUT2D eigenvalue weighted by Crippen LogP contribution is -2.55. The first-order chi connectivity index (χ1) is 16.1. The van der Waals surface area contributed by atoms with Gasteiger partial charge in [-0.15, -0.1) is 0 Å². The van der Waals surface area contributed by atoms with Crippen LogP contribution in [0.15, 0.2) is 35.5 Å². The monoisotopic (exact) mass is 474 g/mol. The van der Waals surface area contributed by atoms with E-state index in [1.807, 2.05) is 24.3 Å². The summed E-state index contributed by atoms with van der Waals surface area (Å²) in [5, 5.41) is 15.4. The van der Waals surface area contributed by atoms with E-state index in [0.29, 0.717) is 12.0 Å². The number of primary amides is 1. The Kier molecular flexibility index (Phi) is 9.38. The molecule has 0 saturated heterocycles. The summed E-state index contributed by atoms with van der Waals surface area (Å²) < 4.78 is 0. The Balaban J connectivity index is 2.13. The fourth-order valence-electron chi connectivity index (χ4n) is 3.35. The predicted molar refractivity (Wildman–Crippen MR) is 125 cm³/mol. The number of para-hydroxylation sites is 1. The normalized spacial score (nSPS) is 13.4. The van der Waals surface area contributed by atoms with Gasteiger partial charge >= 0.3 is 5.97 Å². The summed E-state index contributed by atoms with van der Waals surface area (Å²) in [5.74, 6) is -3.64. The highest BCUT2D eigenvalue weighted by atomic mass is 16.4. The van der Waals surface area contributed by atoms with Gasteiger partial charge in [0.05, 0.1) is 12.5 Å². The molecule has 12 N–H and O–H groups in total. The largest absolute Gasteiger partial charge is 0.480 e. The zero-order chi connectivity index (χ0) is 25.3. The minimum Gasteiger partial charge on any atom is -0.480 e. The van der Waals surface area contributed by atoms with Crippen LogP contribution in [0.4, 0.5) is 0 Å². The number of aromatic nitrogens is 1. The number of hydrogen-bond donors (Lipinski definition) is 8. The Morgan fingerprint density at radius 2 is 1.71 bits per heavy atom. The summed E-state index contributed by atoms with van der Waals surface area (Å²) in [5.41, 5.74) is 22.8. The fraction of sp³-hybridized carbons (Fsp3) is 0.381. The van der Waals surface area contributed by atoms with E-state index in [1.54, 1.807) is 6.20 Å². The Morgan fingerprint density at radius 3 is 2.35 bits per heavy atom. The number of nitrogens with zero attached hydrogens (tertiary/aromatic N) is 1. The minimum absolute atomic E-state index is 0.0148. The van der Waals surface area contributed by atoms with Crippen LogP contribution >= 0.6 is 0 Å². The quantitative estimate of drug-likeness (QED) is 0.0915. The first-order valence-corrected chi connectivity index (χ1v) is 10.6. The molecule has 3 amide bonds. The van der Waals surface area contributed by atoms with E-state index in [4.69, 9.17) is 22.9 Å². The van der Waals surface area contributed by atoms with Crippen molar-refractivity contribution in [2.75, 3.05) is 6.54 Å². The highest BCUT2D eigenvalue weighted by Gasteiger charge is 2.28. The Morgan fingerprint density at radius 1 is 1.03 bits per heavy atom. The van der Waals surface area contributed by atoms with E-state index in [0.717, 1.165) is 10.9 Å². The van der Waals surface area contributed by atoms with Crippen LogP contribution in [0.2, 0.25) is 0 Å². The molecule has 13 heteroatoms. The number of carbonyl (C=O) groups is 4. The number of aliphatic carboxylic acids is 1. The number of carbonyl (C=O) groups excluding carboxylic acids is 3. The van der Waals surface area contributed by atoms with Crippen LogP contribution in [-0.2, 0) is 25.6 Å². The highest BCUT2D eigenvalue weighted by molar-refractivity contribution is 5.93. The van der Waals surface area contributed by atoms with Crippen LogP contribution in [0.1, 0.15) is 24.8 Å². The van der Waals surface area contributed by atoms with Gasteiger partial charge in [0.25, 0.3) is 0 Å². The molecule has 13 nitrogen and oxygen atoms in total. The molecule has 1 aromatic carbocycles. The molecule has 2 aromatic rings. The number of hydrogen-bond acceptors (Lipinski definition) is 6. The van der Waals surface area contributed by atoms with Gasteiger partial charge < -0.3 is 43.7 Å². The number of H-pyrrole nitrogens is 1. The van der Waals surface area contributed by atoms with E-state index < -0.39 is 48.2 Å². The van der Waals surface area contributed by atoms with Crippen molar-refractivity contribution in [3.05, 3.63) is 36.0 Å². The fourth-order valence-corrected chi connectivity index (χ4v) is 3.35. The molecule has 3 atom stereocenters. The first-order valence-electron chi connectivity index (χ1n) is 10.6. The molecule has 0 aliphatic carbocycles. The van der Waals surface area contributed by atoms with Gasteiger partial charge in [-0.2, -0.15) is 0 Å². The number of fused-ring (bicyclic) bond motifs is 1. The topological polar surface area (TPSA) is 245 Å². The number of rotatable bonds is 13. The number of nitrogens with two attached hydrogens (primary N) is 4. The molecule has 2 rings (SSSR count). The molecule has 0 aliphatic heterocycles. The number of aliphatic imine (C=N–C) groups is 1. The molecule has 0 spiro atoms. The minimum atomic E-state index is -1.26. The molecule has 34 heavy (non-hydrogen) atoms. The van der Waals surface area contributed by atoms with E-state index in [1.165, 1.54) is 0 Å². The van der Waals surface area contributed by atoms with Crippen molar-refractivity contribution < 1.29 is 24.3 Å². The molecular formula is C21H30N8O5. The van der Waals surface area contributed by atoms with E-state index >= 15 is 0 Å². The Hall–Kier alpha value is -4.13. The molecule has 3 unspecified atom stereocenters. The molecule has 0 fully saturated rings. The lowest BCUT2D eigenvalue weighted by Gasteiger charge is -2.22. The molecule has 1 aromatic heterocycles. The summed E-state index contributed by atoms with van der Waals surface area (Å²) in [7, 11) is 0. The van der Waals surface area contributed by atoms with E-state index in [9.17, 15) is 24.3 Å². The molecule has 0 aliphatic rings. The van der Waals surface area contributed by atoms with Gasteiger partial charge in [0.2, 0.25) is 17.7 Å². The number of aromatic amines is 1. The van der Waals surface area contributed by atoms with E-state index in [-0.39, 0.29) is 25.3 Å². The van der Waals surface area contributed by atoms with Crippen molar-refractivity contribution in [3.63, 3.8) is 0 Å². The Bertz CT molecular complexity index is 1060. The molecular weight excluding hydrogens is 444 g/mol. The third kappa shape index (κ3) is 7.78. The van der Waals surface area contributed by atoms with E-state index in [2.05, 4.69) is 20.6 Å². The number of benzene rings is 1. The van der Waals surface area contributed by atoms with Gasteiger partial charge in [-0.1, -0.05) is 18.2 Å². The van der Waals surface area contributed by atoms with Crippen molar-refractivity contribution in [2.45, 2.75) is 43.8 Å². The maximum absolute atomic E-state index is 12.9. The number of guanidine groups is 1. The molecule has 0 radical (unpaired) electrons. The lowest BCUT2D eigenvalue weighted by atomic mass is 10.0. The standard InChI is InChI=1S/C21H30N8O5/c22-13(9-17(23)30)18(31)28-15(6-3-7-26-21(24)25)19(32)29-16(20(33)34)8-11-10-27-14-5-2-1-4-12(11)14/h1-2,4-5,10,13,15-16,27H,3,6-9,22H2,(H2,23,30)(H,28,31)(H,29,32)(H,33,34)(H4,24,25,26). The maximum Gasteiger partial charge on any atom is 0.326 e. The average Bonchev–Trinajstić information content (AvgIpc) is 3.17. The van der Waals surface area contributed by atoms with Crippen molar-refractivity contribution in [1.29, 1.82) is 0 Å². The third-order valence-corrected chi connectivity index (χ3v) is 5.05. The summed E-state index contributed by atoms with van der Waals surface area (Å²) in [4.78, 5) is 55.1. The van der Waals surface area contributed by atoms with Crippen molar-refractivity contribution >= 4 is 40.6 Å². The molecule has 0 bridgehead atoms. The van der Waals surface area contributed by atoms with Crippen LogP contribution in [0.3, 0.4) is 0 Å². The second-order valence-corrected chi connectivity index (χ2v) is 7.75. The Labute approximate surface area is 195 Å². The molecule has 184 valence electrons. The van der Waals surface area contributed by atoms with Crippen LogP contribution in [-0.4, -0.2) is 64.4 Å². The SMILES string of the molecule is NC(=O)CC(N)C(=O)NC(CCCN=C(N)N)C(=O)NC(Cc1c[nH]c2ccccc12)C(=O)O. The summed E-state index contributed by atoms with van der Waals surface area (Å²) in [6.45, 7) is 0.188. The van der Waals surface area contributed by atoms with Crippen LogP contribution < -0.4 is 33.6 Å². The smallest absolute Gasteiger partial charge is 0.326 e. The zero-order valence-corrected chi connectivity index (χ0v) is 18.5. The molecule has 0 saturated carbocycles. The van der Waals surface area contributed by atoms with Gasteiger partial charge in [-0.3, -0.25) is 19.4 Å². The van der Waals surface area contributed by atoms with Gasteiger partial charge in [0, 0.05) is 30.1 Å². The summed E-state index contributed by atoms with van der Waals surface area (Å²) in [6, 6.07) is 3.71.